The van der Waals surface area contributed by atoms with Gasteiger partial charge in [0.15, 0.2) is 0 Å². The van der Waals surface area contributed by atoms with Crippen LogP contribution in [0.2, 0.25) is 0 Å². The third-order valence-electron chi connectivity index (χ3n) is 1.13. The van der Waals surface area contributed by atoms with Gasteiger partial charge >= 0.3 is 52.0 Å². The second-order valence-corrected chi connectivity index (χ2v) is 7.87. The van der Waals surface area contributed by atoms with Crippen molar-refractivity contribution in [3.63, 3.8) is 0 Å². The Morgan fingerprint density at radius 2 is 2.43 bits per heavy atom. The molecule has 0 aromatic carbocycles. The predicted molar refractivity (Wildman–Crippen MR) is 42.3 cm³/mol. The Balaban J connectivity index is 2.12. The van der Waals surface area contributed by atoms with Crippen molar-refractivity contribution < 1.29 is 0 Å². The number of hydrogen-bond donors (Lipinski definition) is 1. The van der Waals surface area contributed by atoms with Crippen LogP contribution in [0.15, 0.2) is 0 Å². The average Bonchev–Trinajstić information content (AvgIpc) is 1.69. The third kappa shape index (κ3) is 1.95. The van der Waals surface area contributed by atoms with E-state index >= 15 is 0 Å². The Hall–Kier alpha value is 0.690. The van der Waals surface area contributed by atoms with Gasteiger partial charge in [-0.25, -0.2) is 0 Å². The van der Waals surface area contributed by atoms with Crippen LogP contribution in [0.4, 0.5) is 0 Å². The molecule has 2 heteroatoms. The van der Waals surface area contributed by atoms with E-state index < -0.39 is 0 Å². The molecule has 1 heterocycles. The van der Waals surface area contributed by atoms with Crippen LogP contribution in [0.1, 0.15) is 6.42 Å². The predicted octanol–water partition coefficient (Wildman–Crippen LogP) is 1.07. The SMILES string of the molecule is CI1CCCNC1. The number of nitrogens with one attached hydrogen (secondary N) is 1. The first-order valence-electron chi connectivity index (χ1n) is 2.62. The van der Waals surface area contributed by atoms with E-state index in [-0.39, 0.29) is 19.8 Å². The zero-order valence-electron chi connectivity index (χ0n) is 4.71. The second kappa shape index (κ2) is 2.87. The van der Waals surface area contributed by atoms with E-state index in [4.69, 9.17) is 0 Å². The molecule has 0 aromatic rings. The molecule has 0 radical (unpaired) electrons. The van der Waals surface area contributed by atoms with Crippen molar-refractivity contribution in [2.75, 3.05) is 20.5 Å². The Labute approximate surface area is 52.3 Å². The van der Waals surface area contributed by atoms with Gasteiger partial charge in [0.25, 0.3) is 0 Å². The van der Waals surface area contributed by atoms with Gasteiger partial charge in [0, 0.05) is 0 Å². The number of alkyl halides is 3. The maximum absolute atomic E-state index is 3.40. The molecule has 7 heavy (non-hydrogen) atoms. The van der Waals surface area contributed by atoms with Crippen molar-refractivity contribution >= 4 is 19.8 Å². The summed E-state index contributed by atoms with van der Waals surface area (Å²) >= 11 is -0.350. The van der Waals surface area contributed by atoms with Crippen LogP contribution >= 0.6 is 19.8 Å². The van der Waals surface area contributed by atoms with Crippen molar-refractivity contribution in [2.45, 2.75) is 6.42 Å². The summed E-state index contributed by atoms with van der Waals surface area (Å²) in [6, 6.07) is 0. The molecule has 1 nitrogen and oxygen atoms in total. The van der Waals surface area contributed by atoms with Gasteiger partial charge in [-0.15, -0.1) is 0 Å². The fourth-order valence-corrected chi connectivity index (χ4v) is 4.08. The minimum atomic E-state index is -0.350. The Bertz CT molecular complexity index is 50.0. The van der Waals surface area contributed by atoms with E-state index in [2.05, 4.69) is 10.2 Å². The van der Waals surface area contributed by atoms with Gasteiger partial charge in [0.05, 0.1) is 0 Å². The van der Waals surface area contributed by atoms with Gasteiger partial charge in [-0.2, -0.15) is 0 Å². The fourth-order valence-electron chi connectivity index (χ4n) is 0.715. The molecule has 1 aliphatic rings. The molecular formula is C5H12IN. The molecule has 1 saturated heterocycles. The number of rotatable bonds is 0. The molecule has 0 spiro atoms. The summed E-state index contributed by atoms with van der Waals surface area (Å²) in [4.78, 5) is 2.45. The molecule has 0 amide bonds. The Kier molecular flexibility index (Phi) is 2.38. The van der Waals surface area contributed by atoms with Crippen LogP contribution in [-0.4, -0.2) is 20.5 Å². The minimum absolute atomic E-state index is 0.350. The van der Waals surface area contributed by atoms with Crippen LogP contribution in [0.3, 0.4) is 0 Å². The molecule has 0 aliphatic carbocycles. The molecule has 44 valence electrons. The van der Waals surface area contributed by atoms with Crippen LogP contribution in [0, 0.1) is 0 Å². The quantitative estimate of drug-likeness (QED) is 0.360. The molecule has 0 saturated carbocycles. The van der Waals surface area contributed by atoms with Crippen molar-refractivity contribution in [1.82, 2.24) is 5.32 Å². The molecule has 1 rings (SSSR count). The Morgan fingerprint density at radius 1 is 1.57 bits per heavy atom. The summed E-state index contributed by atoms with van der Waals surface area (Å²) in [5.74, 6) is 0. The van der Waals surface area contributed by atoms with Crippen LogP contribution in [0.5, 0.6) is 0 Å². The van der Waals surface area contributed by atoms with Crippen LogP contribution in [0.25, 0.3) is 0 Å². The van der Waals surface area contributed by atoms with Crippen molar-refractivity contribution in [3.8, 4) is 0 Å². The zero-order valence-corrected chi connectivity index (χ0v) is 6.86. The summed E-state index contributed by atoms with van der Waals surface area (Å²) < 4.78 is 2.97. The molecule has 1 N–H and O–H groups in total. The normalized spacial score (nSPS) is 27.9. The van der Waals surface area contributed by atoms with Gasteiger partial charge in [0.2, 0.25) is 0 Å². The first kappa shape index (κ1) is 5.82. The third-order valence-corrected chi connectivity index (χ3v) is 5.58. The van der Waals surface area contributed by atoms with Crippen molar-refractivity contribution in [1.29, 1.82) is 0 Å². The molecule has 0 atom stereocenters. The number of halogens is 1. The monoisotopic (exact) mass is 213 g/mol. The van der Waals surface area contributed by atoms with E-state index in [1.54, 1.807) is 4.43 Å². The maximum atomic E-state index is 3.40. The first-order chi connectivity index (χ1) is 3.39. The van der Waals surface area contributed by atoms with Crippen LogP contribution in [-0.2, 0) is 0 Å². The van der Waals surface area contributed by atoms with E-state index in [0.29, 0.717) is 0 Å². The first-order valence-corrected chi connectivity index (χ1v) is 7.83. The number of hydrogen-bond acceptors (Lipinski definition) is 1. The van der Waals surface area contributed by atoms with Crippen molar-refractivity contribution in [2.24, 2.45) is 0 Å². The molecule has 0 aromatic heterocycles. The molecular weight excluding hydrogens is 201 g/mol. The van der Waals surface area contributed by atoms with Gasteiger partial charge in [0.1, 0.15) is 0 Å². The zero-order chi connectivity index (χ0) is 5.11. The standard InChI is InChI=1S/C5H12IN/c1-6-3-2-4-7-5-6/h7H,2-5H2,1H3. The summed E-state index contributed by atoms with van der Waals surface area (Å²) in [7, 11) is 0. The molecule has 0 bridgehead atoms. The average molecular weight is 213 g/mol. The van der Waals surface area contributed by atoms with E-state index in [9.17, 15) is 0 Å². The van der Waals surface area contributed by atoms with Gasteiger partial charge in [-0.1, -0.05) is 0 Å². The summed E-state index contributed by atoms with van der Waals surface area (Å²) in [5.41, 5.74) is 0. The Morgan fingerprint density at radius 3 is 2.71 bits per heavy atom. The molecule has 0 unspecified atom stereocenters. The summed E-state index contributed by atoms with van der Waals surface area (Å²) in [6.07, 6.45) is 1.45. The van der Waals surface area contributed by atoms with Crippen LogP contribution < -0.4 is 5.32 Å². The second-order valence-electron chi connectivity index (χ2n) is 1.90. The van der Waals surface area contributed by atoms with Gasteiger partial charge in [-0.05, 0) is 0 Å². The van der Waals surface area contributed by atoms with E-state index in [1.807, 2.05) is 0 Å². The molecule has 1 fully saturated rings. The van der Waals surface area contributed by atoms with Gasteiger partial charge in [-0.3, -0.25) is 0 Å². The van der Waals surface area contributed by atoms with E-state index in [0.717, 1.165) is 0 Å². The van der Waals surface area contributed by atoms with E-state index in [1.165, 1.54) is 17.5 Å². The fraction of sp³-hybridized carbons (Fsp3) is 1.00. The van der Waals surface area contributed by atoms with Gasteiger partial charge < -0.3 is 0 Å². The summed E-state index contributed by atoms with van der Waals surface area (Å²) in [5, 5.41) is 3.40. The summed E-state index contributed by atoms with van der Waals surface area (Å²) in [6.45, 7) is 1.28. The topological polar surface area (TPSA) is 12.0 Å². The molecule has 1 aliphatic heterocycles. The van der Waals surface area contributed by atoms with Crippen molar-refractivity contribution in [3.05, 3.63) is 0 Å².